The maximum Gasteiger partial charge on any atom is 0.238 e. The van der Waals surface area contributed by atoms with Crippen LogP contribution in [0, 0.1) is 13.8 Å². The number of carbonyl (C=O) groups is 1. The molecule has 8 nitrogen and oxygen atoms in total. The van der Waals surface area contributed by atoms with E-state index in [0.29, 0.717) is 19.0 Å². The maximum atomic E-state index is 12.5. The summed E-state index contributed by atoms with van der Waals surface area (Å²) in [6.45, 7) is 8.20. The average Bonchev–Trinajstić information content (AvgIpc) is 2.81. The fraction of sp³-hybridized carbons (Fsp3) is 0.400. The quantitative estimate of drug-likeness (QED) is 0.545. The minimum Gasteiger partial charge on any atom is -0.474 e. The molecule has 2 N–H and O–H groups in total. The number of aliphatic hydroxyl groups excluding tert-OH is 1. The van der Waals surface area contributed by atoms with E-state index in [9.17, 15) is 9.90 Å². The number of aliphatic hydroxyl groups is 1. The molecule has 1 saturated heterocycles. The predicted molar refractivity (Wildman–Crippen MR) is 128 cm³/mol. The van der Waals surface area contributed by atoms with Crippen molar-refractivity contribution >= 4 is 22.6 Å². The van der Waals surface area contributed by atoms with Crippen molar-refractivity contribution in [2.45, 2.75) is 20.0 Å². The van der Waals surface area contributed by atoms with Crippen LogP contribution in [0.1, 0.15) is 11.1 Å². The molecular weight excluding hydrogens is 418 g/mol. The Kier molecular flexibility index (Phi) is 7.49. The number of β-amino-alcohol motifs (C(OH)–C–C–N with tert-alkyl or cyclic N) is 1. The summed E-state index contributed by atoms with van der Waals surface area (Å²) < 4.78 is 5.65. The summed E-state index contributed by atoms with van der Waals surface area (Å²) in [4.78, 5) is 25.6. The van der Waals surface area contributed by atoms with Gasteiger partial charge in [0.1, 0.15) is 12.7 Å². The first kappa shape index (κ1) is 23.1. The number of aromatic nitrogens is 2. The van der Waals surface area contributed by atoms with Crippen molar-refractivity contribution in [1.29, 1.82) is 0 Å². The lowest BCUT2D eigenvalue weighted by Crippen LogP contribution is -2.50. The van der Waals surface area contributed by atoms with Crippen LogP contribution in [-0.2, 0) is 4.79 Å². The van der Waals surface area contributed by atoms with Crippen LogP contribution in [0.25, 0.3) is 11.0 Å². The smallest absolute Gasteiger partial charge is 0.238 e. The Morgan fingerprint density at radius 1 is 1.03 bits per heavy atom. The number of hydrogen-bond donors (Lipinski definition) is 2. The first-order chi connectivity index (χ1) is 16.0. The molecule has 174 valence electrons. The Morgan fingerprint density at radius 2 is 1.70 bits per heavy atom. The van der Waals surface area contributed by atoms with Crippen LogP contribution in [0.3, 0.4) is 0 Å². The Hall–Kier alpha value is -3.07. The Labute approximate surface area is 194 Å². The Morgan fingerprint density at radius 3 is 2.42 bits per heavy atom. The summed E-state index contributed by atoms with van der Waals surface area (Å²) in [6, 6.07) is 13.6. The summed E-state index contributed by atoms with van der Waals surface area (Å²) in [5.41, 5.74) is 4.62. The zero-order chi connectivity index (χ0) is 23.2. The van der Waals surface area contributed by atoms with Gasteiger partial charge in [0, 0.05) is 38.4 Å². The summed E-state index contributed by atoms with van der Waals surface area (Å²) >= 11 is 0. The van der Waals surface area contributed by atoms with Crippen LogP contribution in [0.15, 0.2) is 48.7 Å². The number of nitrogens with one attached hydrogen (secondary N) is 1. The van der Waals surface area contributed by atoms with E-state index in [4.69, 9.17) is 4.74 Å². The molecule has 1 aliphatic heterocycles. The van der Waals surface area contributed by atoms with Gasteiger partial charge in [0.15, 0.2) is 0 Å². The third-order valence-corrected chi connectivity index (χ3v) is 5.90. The fourth-order valence-electron chi connectivity index (χ4n) is 4.07. The van der Waals surface area contributed by atoms with E-state index in [2.05, 4.69) is 25.1 Å². The molecule has 1 unspecified atom stereocenters. The standard InChI is InChI=1S/C25H31N5O3/c1-18-6-5-7-19(2)25(18)28-23(32)16-30-12-10-29(11-13-30)15-20(31)17-33-24-14-26-21-8-3-4-9-22(21)27-24/h3-9,14,20,31H,10-13,15-17H2,1-2H3,(H,28,32). The lowest BCUT2D eigenvalue weighted by atomic mass is 10.1. The highest BCUT2D eigenvalue weighted by Crippen LogP contribution is 2.19. The molecular formula is C25H31N5O3. The number of anilines is 1. The van der Waals surface area contributed by atoms with Gasteiger partial charge >= 0.3 is 0 Å². The highest BCUT2D eigenvalue weighted by Gasteiger charge is 2.21. The van der Waals surface area contributed by atoms with Gasteiger partial charge in [-0.15, -0.1) is 0 Å². The molecule has 4 rings (SSSR count). The first-order valence-corrected chi connectivity index (χ1v) is 11.3. The normalized spacial score (nSPS) is 16.0. The molecule has 1 amide bonds. The van der Waals surface area contributed by atoms with E-state index in [1.54, 1.807) is 6.20 Å². The number of para-hydroxylation sites is 3. The predicted octanol–water partition coefficient (Wildman–Crippen LogP) is 2.24. The number of aryl methyl sites for hydroxylation is 2. The van der Waals surface area contributed by atoms with E-state index in [1.165, 1.54) is 0 Å². The molecule has 0 aliphatic carbocycles. The molecule has 0 spiro atoms. The van der Waals surface area contributed by atoms with Crippen molar-refractivity contribution in [2.75, 3.05) is 51.2 Å². The molecule has 0 radical (unpaired) electrons. The Bertz CT molecular complexity index is 1080. The molecule has 1 atom stereocenters. The van der Waals surface area contributed by atoms with Gasteiger partial charge in [0.25, 0.3) is 0 Å². The monoisotopic (exact) mass is 449 g/mol. The third kappa shape index (κ3) is 6.25. The highest BCUT2D eigenvalue weighted by atomic mass is 16.5. The minimum atomic E-state index is -0.628. The lowest BCUT2D eigenvalue weighted by molar-refractivity contribution is -0.117. The summed E-state index contributed by atoms with van der Waals surface area (Å²) in [6.07, 6.45) is 0.953. The van der Waals surface area contributed by atoms with E-state index in [-0.39, 0.29) is 12.5 Å². The van der Waals surface area contributed by atoms with Gasteiger partial charge in [0.2, 0.25) is 11.8 Å². The zero-order valence-electron chi connectivity index (χ0n) is 19.2. The summed E-state index contributed by atoms with van der Waals surface area (Å²) in [5, 5.41) is 13.5. The molecule has 33 heavy (non-hydrogen) atoms. The number of amides is 1. The second-order valence-electron chi connectivity index (χ2n) is 8.55. The zero-order valence-corrected chi connectivity index (χ0v) is 19.2. The number of nitrogens with zero attached hydrogens (tertiary/aromatic N) is 4. The largest absolute Gasteiger partial charge is 0.474 e. The number of carbonyl (C=O) groups excluding carboxylic acids is 1. The van der Waals surface area contributed by atoms with Crippen molar-refractivity contribution in [1.82, 2.24) is 19.8 Å². The molecule has 2 aromatic carbocycles. The lowest BCUT2D eigenvalue weighted by Gasteiger charge is -2.35. The van der Waals surface area contributed by atoms with Crippen LogP contribution in [0.4, 0.5) is 5.69 Å². The van der Waals surface area contributed by atoms with E-state index in [0.717, 1.165) is 54.0 Å². The molecule has 1 fully saturated rings. The molecule has 3 aromatic rings. The molecule has 1 aliphatic rings. The second kappa shape index (κ2) is 10.7. The van der Waals surface area contributed by atoms with Crippen LogP contribution in [-0.4, -0.2) is 82.8 Å². The van der Waals surface area contributed by atoms with Gasteiger partial charge in [-0.05, 0) is 37.1 Å². The Balaban J connectivity index is 1.18. The number of rotatable bonds is 8. The molecule has 0 bridgehead atoms. The number of hydrogen-bond acceptors (Lipinski definition) is 7. The van der Waals surface area contributed by atoms with E-state index < -0.39 is 6.10 Å². The van der Waals surface area contributed by atoms with Crippen molar-refractivity contribution in [3.63, 3.8) is 0 Å². The van der Waals surface area contributed by atoms with Gasteiger partial charge in [-0.3, -0.25) is 14.6 Å². The van der Waals surface area contributed by atoms with Crippen LogP contribution >= 0.6 is 0 Å². The fourth-order valence-corrected chi connectivity index (χ4v) is 4.07. The van der Waals surface area contributed by atoms with Crippen LogP contribution in [0.2, 0.25) is 0 Å². The van der Waals surface area contributed by atoms with Crippen molar-refractivity contribution in [3.05, 3.63) is 59.8 Å². The summed E-state index contributed by atoms with van der Waals surface area (Å²) in [5.74, 6) is 0.415. The molecule has 0 saturated carbocycles. The SMILES string of the molecule is Cc1cccc(C)c1NC(=O)CN1CCN(CC(O)COc2cnc3ccccc3n2)CC1. The number of ether oxygens (including phenoxy) is 1. The van der Waals surface area contributed by atoms with Crippen LogP contribution in [0.5, 0.6) is 5.88 Å². The van der Waals surface area contributed by atoms with Gasteiger partial charge in [-0.1, -0.05) is 30.3 Å². The van der Waals surface area contributed by atoms with Gasteiger partial charge in [0.05, 0.1) is 23.8 Å². The number of fused-ring (bicyclic) bond motifs is 1. The first-order valence-electron chi connectivity index (χ1n) is 11.3. The minimum absolute atomic E-state index is 0.00535. The average molecular weight is 450 g/mol. The van der Waals surface area contributed by atoms with E-state index in [1.807, 2.05) is 56.3 Å². The van der Waals surface area contributed by atoms with Gasteiger partial charge < -0.3 is 15.2 Å². The van der Waals surface area contributed by atoms with Gasteiger partial charge in [-0.25, -0.2) is 9.97 Å². The van der Waals surface area contributed by atoms with Crippen LogP contribution < -0.4 is 10.1 Å². The second-order valence-corrected chi connectivity index (χ2v) is 8.55. The van der Waals surface area contributed by atoms with Crippen molar-refractivity contribution in [2.24, 2.45) is 0 Å². The summed E-state index contributed by atoms with van der Waals surface area (Å²) in [7, 11) is 0. The maximum absolute atomic E-state index is 12.5. The molecule has 8 heteroatoms. The topological polar surface area (TPSA) is 90.8 Å². The highest BCUT2D eigenvalue weighted by molar-refractivity contribution is 5.93. The molecule has 1 aromatic heterocycles. The number of benzene rings is 2. The molecule has 2 heterocycles. The van der Waals surface area contributed by atoms with Crippen molar-refractivity contribution in [3.8, 4) is 5.88 Å². The van der Waals surface area contributed by atoms with E-state index >= 15 is 0 Å². The number of piperazine rings is 1. The third-order valence-electron chi connectivity index (χ3n) is 5.90. The van der Waals surface area contributed by atoms with Gasteiger partial charge in [-0.2, -0.15) is 0 Å². The van der Waals surface area contributed by atoms with Crippen molar-refractivity contribution < 1.29 is 14.6 Å².